The van der Waals surface area contributed by atoms with E-state index in [1.165, 1.54) is 4.90 Å². The summed E-state index contributed by atoms with van der Waals surface area (Å²) >= 11 is 0. The number of hydrogen-bond donors (Lipinski definition) is 18. The Hall–Kier alpha value is -8.15. The van der Waals surface area contributed by atoms with E-state index in [0.29, 0.717) is 12.8 Å². The number of amides is 12. The minimum Gasteiger partial charge on any atom is -0.481 e. The van der Waals surface area contributed by atoms with Gasteiger partial charge in [-0.05, 0) is 116 Å². The third-order valence-corrected chi connectivity index (χ3v) is 14.6. The molecule has 35 nitrogen and oxygen atoms in total. The molecule has 0 bridgehead atoms. The Kier molecular flexibility index (Phi) is 33.7. The molecule has 2 rings (SSSR count). The van der Waals surface area contributed by atoms with Crippen molar-refractivity contribution in [1.82, 2.24) is 52.3 Å². The van der Waals surface area contributed by atoms with Crippen molar-refractivity contribution < 1.29 is 97.5 Å². The molecule has 35 heteroatoms. The lowest BCUT2D eigenvalue weighted by Gasteiger charge is -2.33. The molecule has 89 heavy (non-hydrogen) atoms. The summed E-state index contributed by atoms with van der Waals surface area (Å²) in [6, 6.07) is -16.8. The number of carbonyl (C=O) groups is 15. The molecule has 0 aromatic rings. The van der Waals surface area contributed by atoms with Crippen LogP contribution in [0.4, 0.5) is 0 Å². The third-order valence-electron chi connectivity index (χ3n) is 14.6. The van der Waals surface area contributed by atoms with E-state index in [4.69, 9.17) is 28.7 Å². The fourth-order valence-electron chi connectivity index (χ4n) is 9.87. The molecule has 0 radical (unpaired) electrons. The molecule has 502 valence electrons. The summed E-state index contributed by atoms with van der Waals surface area (Å²) in [5.41, 5.74) is 27.9. The summed E-state index contributed by atoms with van der Waals surface area (Å²) in [7, 11) is 0. The van der Waals surface area contributed by atoms with Crippen LogP contribution in [0.5, 0.6) is 0 Å². The second kappa shape index (κ2) is 39.0. The fourth-order valence-corrected chi connectivity index (χ4v) is 9.87. The molecule has 2 saturated heterocycles. The maximum absolute atomic E-state index is 14.5. The third kappa shape index (κ3) is 26.6. The first-order valence-corrected chi connectivity index (χ1v) is 29.6. The van der Waals surface area contributed by atoms with Crippen LogP contribution in [0.1, 0.15) is 136 Å². The second-order valence-corrected chi connectivity index (χ2v) is 22.4. The number of carboxylic acid groups (broad SMARTS) is 3. The first-order chi connectivity index (χ1) is 41.9. The van der Waals surface area contributed by atoms with Crippen molar-refractivity contribution >= 4 is 88.8 Å². The molecule has 12 atom stereocenters. The molecule has 2 fully saturated rings. The molecule has 0 aliphatic carbocycles. The molecular formula is C54H91N15O20. The Morgan fingerprint density at radius 3 is 1.26 bits per heavy atom. The van der Waals surface area contributed by atoms with Gasteiger partial charge in [0.25, 0.3) is 0 Å². The number of aliphatic hydroxyl groups is 2. The first-order valence-electron chi connectivity index (χ1n) is 29.6. The van der Waals surface area contributed by atoms with Crippen LogP contribution >= 0.6 is 0 Å². The van der Waals surface area contributed by atoms with E-state index in [0.717, 1.165) is 11.8 Å². The number of carbonyl (C=O) groups excluding carboxylic acids is 12. The van der Waals surface area contributed by atoms with E-state index in [2.05, 4.69) is 37.2 Å². The van der Waals surface area contributed by atoms with Gasteiger partial charge in [0, 0.05) is 32.4 Å². The van der Waals surface area contributed by atoms with Crippen molar-refractivity contribution in [3.63, 3.8) is 0 Å². The standard InChI is InChI=1S/C54H91N15O20/c1-27(2)24-34(52(86)68-22-9-13-38(68)51(85)66-36(26-70)49(83)62-30(10-4-6-20-55)45(79)63-33(16-19-42(76)77)48(82)67-43(28(3)71)54(88)89)65-50(84)37-12-8-23-69(37)53(87)35(25-40(59)73)64-46(80)31(11-5-7-21-56)61-47(81)32(15-18-41(74)75)60-44(78)29(57)14-17-39(58)72/h27-38,43,70-71H,4-26,55-57H2,1-3H3,(H2,58,72)(H2,59,73)(H,60,78)(H,61,81)(H,62,83)(H,63,79)(H,64,80)(H,65,84)(H,66,85)(H,67,82)(H,74,75)(H,76,77)(H,88,89)/t28-,29+,30+,31+,32+,33+,34+,35+,36+,37+,38+,43+/m1/s1. The molecule has 2 aliphatic heterocycles. The van der Waals surface area contributed by atoms with E-state index >= 15 is 0 Å². The predicted molar refractivity (Wildman–Crippen MR) is 311 cm³/mol. The van der Waals surface area contributed by atoms with Crippen molar-refractivity contribution in [3.8, 4) is 0 Å². The highest BCUT2D eigenvalue weighted by atomic mass is 16.4. The zero-order chi connectivity index (χ0) is 67.2. The Morgan fingerprint density at radius 2 is 0.876 bits per heavy atom. The second-order valence-electron chi connectivity index (χ2n) is 22.4. The van der Waals surface area contributed by atoms with Crippen LogP contribution in [-0.2, 0) is 71.9 Å². The van der Waals surface area contributed by atoms with Gasteiger partial charge in [0.05, 0.1) is 25.2 Å². The number of nitrogens with two attached hydrogens (primary N) is 5. The van der Waals surface area contributed by atoms with Crippen LogP contribution in [-0.4, -0.2) is 229 Å². The van der Waals surface area contributed by atoms with Crippen LogP contribution < -0.4 is 71.2 Å². The maximum atomic E-state index is 14.5. The molecule has 0 unspecified atom stereocenters. The van der Waals surface area contributed by atoms with Crippen molar-refractivity contribution in [2.45, 2.75) is 209 Å². The Bertz CT molecular complexity index is 2510. The lowest BCUT2D eigenvalue weighted by Crippen LogP contribution is -2.61. The van der Waals surface area contributed by atoms with Crippen molar-refractivity contribution in [1.29, 1.82) is 0 Å². The molecule has 0 spiro atoms. The SMILES string of the molecule is CC(C)C[C@H](NC(=O)[C@@H]1CCCN1C(=O)[C@H](CC(N)=O)NC(=O)[C@H](CCCCN)NC(=O)[C@H](CCC(=O)O)NC(=O)[C@@H](N)CCC(N)=O)C(=O)N1CCC[C@H]1C(=O)N[C@@H](CO)C(=O)N[C@@H](CCCCN)C(=O)N[C@@H](CCC(=O)O)C(=O)N[C@H](C(=O)O)[C@@H](C)O. The molecule has 12 amide bonds. The van der Waals surface area contributed by atoms with Gasteiger partial charge in [-0.1, -0.05) is 13.8 Å². The number of hydrogen-bond acceptors (Lipinski definition) is 20. The zero-order valence-corrected chi connectivity index (χ0v) is 50.4. The normalized spacial score (nSPS) is 18.0. The highest BCUT2D eigenvalue weighted by molar-refractivity contribution is 6.00. The number of likely N-dealkylation sites (tertiary alicyclic amines) is 2. The highest BCUT2D eigenvalue weighted by Crippen LogP contribution is 2.24. The van der Waals surface area contributed by atoms with Gasteiger partial charge in [0.15, 0.2) is 6.04 Å². The smallest absolute Gasteiger partial charge is 0.328 e. The molecule has 2 heterocycles. The van der Waals surface area contributed by atoms with Gasteiger partial charge in [-0.15, -0.1) is 0 Å². The topological polar surface area (TPSA) is 590 Å². The number of aliphatic hydroxyl groups excluding tert-OH is 2. The summed E-state index contributed by atoms with van der Waals surface area (Å²) in [5, 5.41) is 67.5. The van der Waals surface area contributed by atoms with Crippen LogP contribution in [0.3, 0.4) is 0 Å². The number of unbranched alkanes of at least 4 members (excludes halogenated alkanes) is 2. The zero-order valence-electron chi connectivity index (χ0n) is 50.4. The van der Waals surface area contributed by atoms with Gasteiger partial charge >= 0.3 is 17.9 Å². The average molecular weight is 1270 g/mol. The Labute approximate surface area is 513 Å². The van der Waals surface area contributed by atoms with E-state index in [-0.39, 0.29) is 103 Å². The molecular weight excluding hydrogens is 1180 g/mol. The van der Waals surface area contributed by atoms with Crippen molar-refractivity contribution in [3.05, 3.63) is 0 Å². The van der Waals surface area contributed by atoms with Gasteiger partial charge in [0.1, 0.15) is 54.4 Å². The number of rotatable bonds is 42. The fraction of sp³-hybridized carbons (Fsp3) is 0.722. The largest absolute Gasteiger partial charge is 0.481 e. The number of carboxylic acids is 3. The number of nitrogens with zero attached hydrogens (tertiary/aromatic N) is 2. The summed E-state index contributed by atoms with van der Waals surface area (Å²) < 4.78 is 0. The lowest BCUT2D eigenvalue weighted by atomic mass is 10.0. The minimum atomic E-state index is -1.85. The van der Waals surface area contributed by atoms with Gasteiger partial charge in [0.2, 0.25) is 70.9 Å². The summed E-state index contributed by atoms with van der Waals surface area (Å²) in [4.78, 5) is 199. The Morgan fingerprint density at radius 1 is 0.483 bits per heavy atom. The van der Waals surface area contributed by atoms with Crippen LogP contribution in [0, 0.1) is 5.92 Å². The van der Waals surface area contributed by atoms with Gasteiger partial charge in [-0.25, -0.2) is 4.79 Å². The quantitative estimate of drug-likeness (QED) is 0.0253. The number of nitrogens with one attached hydrogen (secondary N) is 8. The van der Waals surface area contributed by atoms with Gasteiger partial charge in [-0.3, -0.25) is 67.1 Å². The predicted octanol–water partition coefficient (Wildman–Crippen LogP) is -7.19. The highest BCUT2D eigenvalue weighted by Gasteiger charge is 2.44. The average Bonchev–Trinajstić information content (AvgIpc) is 2.21. The van der Waals surface area contributed by atoms with Crippen molar-refractivity contribution in [2.24, 2.45) is 34.6 Å². The van der Waals surface area contributed by atoms with E-state index in [1.54, 1.807) is 13.8 Å². The van der Waals surface area contributed by atoms with Gasteiger partial charge in [-0.2, -0.15) is 0 Å². The first kappa shape index (κ1) is 76.9. The number of primary amides is 2. The Balaban J connectivity index is 2.36. The molecule has 2 aliphatic rings. The van der Waals surface area contributed by atoms with Gasteiger partial charge < -0.3 is 107 Å². The molecule has 0 aromatic carbocycles. The monoisotopic (exact) mass is 1270 g/mol. The van der Waals surface area contributed by atoms with E-state index in [1.807, 2.05) is 5.32 Å². The molecule has 0 saturated carbocycles. The van der Waals surface area contributed by atoms with Crippen molar-refractivity contribution in [2.75, 3.05) is 32.8 Å². The summed E-state index contributed by atoms with van der Waals surface area (Å²) in [5.74, 6) is -16.1. The van der Waals surface area contributed by atoms with Crippen LogP contribution in [0.15, 0.2) is 0 Å². The minimum absolute atomic E-state index is 0.00540. The maximum Gasteiger partial charge on any atom is 0.328 e. The van der Waals surface area contributed by atoms with E-state index < -0.39 is 200 Å². The van der Waals surface area contributed by atoms with Crippen LogP contribution in [0.2, 0.25) is 0 Å². The van der Waals surface area contributed by atoms with Crippen LogP contribution in [0.25, 0.3) is 0 Å². The summed E-state index contributed by atoms with van der Waals surface area (Å²) in [6.07, 6.45) is -3.74. The lowest BCUT2D eigenvalue weighted by molar-refractivity contribution is -0.146. The number of aliphatic carboxylic acids is 3. The van der Waals surface area contributed by atoms with E-state index in [9.17, 15) is 97.5 Å². The molecule has 0 aromatic heterocycles. The summed E-state index contributed by atoms with van der Waals surface area (Å²) in [6.45, 7) is 3.77. The molecule has 23 N–H and O–H groups in total.